The average molecular weight is 342 g/mol. The molecule has 1 atom stereocenters. The second kappa shape index (κ2) is 6.15. The highest BCUT2D eigenvalue weighted by atomic mass is 16.5. The summed E-state index contributed by atoms with van der Waals surface area (Å²) in [6.45, 7) is 6.13. The number of para-hydroxylation sites is 1. The van der Waals surface area contributed by atoms with Crippen molar-refractivity contribution in [3.05, 3.63) is 41.5 Å². The van der Waals surface area contributed by atoms with Gasteiger partial charge in [0.05, 0.1) is 18.2 Å². The number of benzene rings is 1. The van der Waals surface area contributed by atoms with Crippen LogP contribution >= 0.6 is 0 Å². The van der Waals surface area contributed by atoms with Gasteiger partial charge in [0.15, 0.2) is 5.82 Å². The molecule has 0 saturated carbocycles. The second-order valence-corrected chi connectivity index (χ2v) is 6.85. The standard InChI is InChI=1S/C18H22N4O3/c1-12(16-20-13(2)25-21-16)22-9-7-18(8-10-22)11-19-17(23)14-5-3-4-6-15(14)24-18/h3-6,12H,7-11H2,1-2H3,(H,19,23). The number of ether oxygens (including phenoxy) is 1. The Kier molecular flexibility index (Phi) is 3.95. The zero-order chi connectivity index (χ0) is 17.4. The van der Waals surface area contributed by atoms with Crippen LogP contribution in [0.4, 0.5) is 0 Å². The number of nitrogens with one attached hydrogen (secondary N) is 1. The summed E-state index contributed by atoms with van der Waals surface area (Å²) in [5, 5.41) is 7.05. The summed E-state index contributed by atoms with van der Waals surface area (Å²) < 4.78 is 11.4. The Balaban J connectivity index is 1.48. The van der Waals surface area contributed by atoms with E-state index < -0.39 is 0 Å². The third kappa shape index (κ3) is 3.00. The first kappa shape index (κ1) is 16.1. The molecule has 1 amide bonds. The van der Waals surface area contributed by atoms with Crippen molar-refractivity contribution in [2.75, 3.05) is 19.6 Å². The fourth-order valence-corrected chi connectivity index (χ4v) is 3.59. The van der Waals surface area contributed by atoms with Gasteiger partial charge in [-0.15, -0.1) is 0 Å². The maximum Gasteiger partial charge on any atom is 0.255 e. The molecule has 1 N–H and O–H groups in total. The van der Waals surface area contributed by atoms with Crippen molar-refractivity contribution in [1.29, 1.82) is 0 Å². The lowest BCUT2D eigenvalue weighted by Crippen LogP contribution is -2.53. The molecule has 2 aliphatic rings. The molecular formula is C18H22N4O3. The summed E-state index contributed by atoms with van der Waals surface area (Å²) in [5.74, 6) is 1.91. The molecule has 4 rings (SSSR count). The number of nitrogens with zero attached hydrogens (tertiary/aromatic N) is 3. The van der Waals surface area contributed by atoms with Gasteiger partial charge in [-0.1, -0.05) is 17.3 Å². The number of amides is 1. The summed E-state index contributed by atoms with van der Waals surface area (Å²) in [7, 11) is 0. The van der Waals surface area contributed by atoms with Gasteiger partial charge < -0.3 is 14.6 Å². The normalized spacial score (nSPS) is 21.1. The van der Waals surface area contributed by atoms with E-state index in [0.29, 0.717) is 29.6 Å². The van der Waals surface area contributed by atoms with Crippen molar-refractivity contribution < 1.29 is 14.1 Å². The Bertz CT molecular complexity index is 780. The molecule has 25 heavy (non-hydrogen) atoms. The molecule has 0 radical (unpaired) electrons. The maximum absolute atomic E-state index is 12.3. The number of piperidine rings is 1. The highest BCUT2D eigenvalue weighted by molar-refractivity contribution is 5.97. The molecule has 1 aromatic heterocycles. The molecule has 7 heteroatoms. The van der Waals surface area contributed by atoms with Crippen LogP contribution in [0, 0.1) is 6.92 Å². The number of rotatable bonds is 2. The van der Waals surface area contributed by atoms with Crippen LogP contribution in [0.3, 0.4) is 0 Å². The monoisotopic (exact) mass is 342 g/mol. The van der Waals surface area contributed by atoms with Crippen LogP contribution in [0.5, 0.6) is 5.75 Å². The van der Waals surface area contributed by atoms with Crippen LogP contribution in [0.15, 0.2) is 28.8 Å². The zero-order valence-corrected chi connectivity index (χ0v) is 14.5. The van der Waals surface area contributed by atoms with Crippen molar-refractivity contribution >= 4 is 5.91 Å². The lowest BCUT2D eigenvalue weighted by atomic mass is 9.90. The lowest BCUT2D eigenvalue weighted by Gasteiger charge is -2.42. The molecule has 1 spiro atoms. The molecule has 132 valence electrons. The van der Waals surface area contributed by atoms with E-state index in [1.165, 1.54) is 0 Å². The summed E-state index contributed by atoms with van der Waals surface area (Å²) >= 11 is 0. The molecule has 3 heterocycles. The molecule has 0 bridgehead atoms. The van der Waals surface area contributed by atoms with Gasteiger partial charge in [0.1, 0.15) is 11.4 Å². The minimum atomic E-state index is -0.356. The van der Waals surface area contributed by atoms with E-state index in [4.69, 9.17) is 9.26 Å². The molecule has 7 nitrogen and oxygen atoms in total. The van der Waals surface area contributed by atoms with E-state index in [1.54, 1.807) is 13.0 Å². The third-order valence-corrected chi connectivity index (χ3v) is 5.20. The van der Waals surface area contributed by atoms with Crippen molar-refractivity contribution in [3.63, 3.8) is 0 Å². The number of hydrogen-bond donors (Lipinski definition) is 1. The van der Waals surface area contributed by atoms with E-state index in [2.05, 4.69) is 27.3 Å². The predicted octanol–water partition coefficient (Wildman–Crippen LogP) is 2.10. The highest BCUT2D eigenvalue weighted by Crippen LogP contribution is 2.34. The quantitative estimate of drug-likeness (QED) is 0.900. The van der Waals surface area contributed by atoms with Crippen LogP contribution in [0.1, 0.15) is 47.9 Å². The summed E-state index contributed by atoms with van der Waals surface area (Å²) in [4.78, 5) is 18.9. The summed E-state index contributed by atoms with van der Waals surface area (Å²) in [6.07, 6.45) is 1.67. The Labute approximate surface area is 146 Å². The zero-order valence-electron chi connectivity index (χ0n) is 14.5. The Morgan fingerprint density at radius 1 is 1.28 bits per heavy atom. The van der Waals surface area contributed by atoms with Gasteiger partial charge in [-0.25, -0.2) is 0 Å². The smallest absolute Gasteiger partial charge is 0.255 e. The van der Waals surface area contributed by atoms with Gasteiger partial charge in [0.2, 0.25) is 5.89 Å². The lowest BCUT2D eigenvalue weighted by molar-refractivity contribution is -0.00542. The van der Waals surface area contributed by atoms with Gasteiger partial charge in [-0.05, 0) is 19.1 Å². The Hall–Kier alpha value is -2.41. The summed E-state index contributed by atoms with van der Waals surface area (Å²) in [5.41, 5.74) is 0.253. The SMILES string of the molecule is Cc1nc(C(C)N2CCC3(CC2)CNC(=O)c2ccccc2O3)no1. The van der Waals surface area contributed by atoms with Crippen LogP contribution in [0.2, 0.25) is 0 Å². The fourth-order valence-electron chi connectivity index (χ4n) is 3.59. The molecule has 0 aliphatic carbocycles. The highest BCUT2D eigenvalue weighted by Gasteiger charge is 2.41. The molecule has 1 fully saturated rings. The Morgan fingerprint density at radius 2 is 2.04 bits per heavy atom. The van der Waals surface area contributed by atoms with E-state index in [1.807, 2.05) is 18.2 Å². The minimum absolute atomic E-state index is 0.0643. The summed E-state index contributed by atoms with van der Waals surface area (Å²) in [6, 6.07) is 7.54. The van der Waals surface area contributed by atoms with Crippen LogP contribution in [-0.4, -0.2) is 46.2 Å². The van der Waals surface area contributed by atoms with Gasteiger partial charge >= 0.3 is 0 Å². The van der Waals surface area contributed by atoms with Crippen molar-refractivity contribution in [2.45, 2.75) is 38.3 Å². The van der Waals surface area contributed by atoms with Gasteiger partial charge in [-0.3, -0.25) is 9.69 Å². The van der Waals surface area contributed by atoms with Crippen molar-refractivity contribution in [1.82, 2.24) is 20.4 Å². The number of aryl methyl sites for hydroxylation is 1. The van der Waals surface area contributed by atoms with Gasteiger partial charge in [-0.2, -0.15) is 4.98 Å². The van der Waals surface area contributed by atoms with E-state index in [9.17, 15) is 4.79 Å². The first-order valence-electron chi connectivity index (χ1n) is 8.67. The Morgan fingerprint density at radius 3 is 2.76 bits per heavy atom. The molecule has 2 aromatic rings. The average Bonchev–Trinajstić information content (AvgIpc) is 3.01. The fraction of sp³-hybridized carbons (Fsp3) is 0.500. The number of likely N-dealkylation sites (tertiary alicyclic amines) is 1. The van der Waals surface area contributed by atoms with Crippen molar-refractivity contribution in [3.8, 4) is 5.75 Å². The predicted molar refractivity (Wildman–Crippen MR) is 90.4 cm³/mol. The topological polar surface area (TPSA) is 80.5 Å². The van der Waals surface area contributed by atoms with Gasteiger partial charge in [0, 0.05) is 32.9 Å². The molecule has 1 aromatic carbocycles. The van der Waals surface area contributed by atoms with Crippen LogP contribution in [0.25, 0.3) is 0 Å². The number of hydrogen-bond acceptors (Lipinski definition) is 6. The number of carbonyl (C=O) groups is 1. The van der Waals surface area contributed by atoms with Crippen molar-refractivity contribution in [2.24, 2.45) is 0 Å². The molecule has 1 unspecified atom stereocenters. The molecular weight excluding hydrogens is 320 g/mol. The first-order valence-corrected chi connectivity index (χ1v) is 8.67. The molecule has 2 aliphatic heterocycles. The van der Waals surface area contributed by atoms with Crippen LogP contribution < -0.4 is 10.1 Å². The van der Waals surface area contributed by atoms with E-state index >= 15 is 0 Å². The number of fused-ring (bicyclic) bond motifs is 1. The van der Waals surface area contributed by atoms with Gasteiger partial charge in [0.25, 0.3) is 5.91 Å². The minimum Gasteiger partial charge on any atom is -0.485 e. The van der Waals surface area contributed by atoms with Crippen LogP contribution in [-0.2, 0) is 0 Å². The maximum atomic E-state index is 12.3. The first-order chi connectivity index (χ1) is 12.1. The molecule has 1 saturated heterocycles. The number of aromatic nitrogens is 2. The van der Waals surface area contributed by atoms with E-state index in [0.717, 1.165) is 25.9 Å². The number of carbonyl (C=O) groups excluding carboxylic acids is 1. The third-order valence-electron chi connectivity index (χ3n) is 5.20. The van der Waals surface area contributed by atoms with E-state index in [-0.39, 0.29) is 17.6 Å². The largest absolute Gasteiger partial charge is 0.485 e. The second-order valence-electron chi connectivity index (χ2n) is 6.85.